The second-order valence-corrected chi connectivity index (χ2v) is 9.26. The van der Waals surface area contributed by atoms with Gasteiger partial charge in [-0.2, -0.15) is 0 Å². The fraction of sp³-hybridized carbons (Fsp3) is 0.292. The minimum atomic E-state index is -0.340. The monoisotopic (exact) mass is 447 g/mol. The summed E-state index contributed by atoms with van der Waals surface area (Å²) in [6.07, 6.45) is 3.98. The molecule has 164 valence electrons. The van der Waals surface area contributed by atoms with Crippen molar-refractivity contribution in [3.63, 3.8) is 0 Å². The largest absolute Gasteiger partial charge is 0.467 e. The van der Waals surface area contributed by atoms with Crippen molar-refractivity contribution >= 4 is 40.1 Å². The van der Waals surface area contributed by atoms with E-state index in [9.17, 15) is 4.79 Å². The van der Waals surface area contributed by atoms with Crippen molar-refractivity contribution in [3.8, 4) is 0 Å². The third-order valence-electron chi connectivity index (χ3n) is 5.65. The van der Waals surface area contributed by atoms with E-state index in [1.807, 2.05) is 55.5 Å². The van der Waals surface area contributed by atoms with Gasteiger partial charge in [-0.05, 0) is 54.8 Å². The van der Waals surface area contributed by atoms with Crippen molar-refractivity contribution < 1.29 is 9.21 Å². The quantitative estimate of drug-likeness (QED) is 0.411. The highest BCUT2D eigenvalue weighted by molar-refractivity contribution is 8.00. The maximum Gasteiger partial charge on any atom is 0.237 e. The predicted octanol–water partition coefficient (Wildman–Crippen LogP) is 4.79. The topological polar surface area (TPSA) is 76.2 Å². The number of furan rings is 1. The highest BCUT2D eigenvalue weighted by atomic mass is 32.2. The number of fused-ring (bicyclic) bond motifs is 1. The van der Waals surface area contributed by atoms with Crippen LogP contribution in [0.25, 0.3) is 10.8 Å². The van der Waals surface area contributed by atoms with Gasteiger partial charge in [0.05, 0.1) is 18.1 Å². The molecular weight excluding hydrogens is 422 g/mol. The van der Waals surface area contributed by atoms with Gasteiger partial charge in [0, 0.05) is 18.8 Å². The van der Waals surface area contributed by atoms with Crippen LogP contribution in [0.3, 0.4) is 0 Å². The molecule has 0 spiro atoms. The predicted molar refractivity (Wildman–Crippen MR) is 127 cm³/mol. The Labute approximate surface area is 190 Å². The summed E-state index contributed by atoms with van der Waals surface area (Å²) in [6.45, 7) is 4.37. The van der Waals surface area contributed by atoms with Gasteiger partial charge >= 0.3 is 0 Å². The second kappa shape index (κ2) is 9.08. The summed E-state index contributed by atoms with van der Waals surface area (Å²) in [5.41, 5.74) is 0.788. The molecule has 1 amide bonds. The lowest BCUT2D eigenvalue weighted by atomic mass is 10.1. The van der Waals surface area contributed by atoms with Crippen molar-refractivity contribution in [2.24, 2.45) is 0 Å². The van der Waals surface area contributed by atoms with E-state index >= 15 is 0 Å². The Morgan fingerprint density at radius 3 is 2.69 bits per heavy atom. The van der Waals surface area contributed by atoms with Gasteiger partial charge in [-0.1, -0.05) is 42.1 Å². The van der Waals surface area contributed by atoms with Crippen molar-refractivity contribution in [2.45, 2.75) is 36.7 Å². The molecule has 1 N–H and O–H groups in total. The smallest absolute Gasteiger partial charge is 0.237 e. The molecule has 32 heavy (non-hydrogen) atoms. The average molecular weight is 448 g/mol. The third kappa shape index (κ3) is 4.36. The molecule has 8 heteroatoms. The Hall–Kier alpha value is -3.26. The second-order valence-electron chi connectivity index (χ2n) is 7.95. The number of amides is 1. The van der Waals surface area contributed by atoms with E-state index in [1.165, 1.54) is 11.8 Å². The van der Waals surface area contributed by atoms with E-state index in [-0.39, 0.29) is 11.2 Å². The number of thioether (sulfide) groups is 1. The number of anilines is 2. The number of hydrogen-bond acceptors (Lipinski definition) is 6. The lowest BCUT2D eigenvalue weighted by Crippen LogP contribution is -2.24. The minimum Gasteiger partial charge on any atom is -0.467 e. The van der Waals surface area contributed by atoms with Gasteiger partial charge in [0.15, 0.2) is 5.16 Å². The Balaban J connectivity index is 1.33. The van der Waals surface area contributed by atoms with E-state index in [0.717, 1.165) is 54.1 Å². The highest BCUT2D eigenvalue weighted by Crippen LogP contribution is 2.29. The summed E-state index contributed by atoms with van der Waals surface area (Å²) >= 11 is 1.41. The van der Waals surface area contributed by atoms with E-state index in [1.54, 1.807) is 6.26 Å². The summed E-state index contributed by atoms with van der Waals surface area (Å²) in [4.78, 5) is 15.2. The molecule has 1 fully saturated rings. The van der Waals surface area contributed by atoms with Crippen molar-refractivity contribution in [2.75, 3.05) is 23.3 Å². The molecule has 1 unspecified atom stereocenters. The standard InChI is InChI=1S/C24H25N5O2S/c1-17(22(30)25-20-11-10-18-7-2-3-8-19(18)15-20)32-24-27-26-23(28-12-4-5-13-28)29(24)16-21-9-6-14-31-21/h2-3,6-11,14-15,17H,4-5,12-13,16H2,1H3,(H,25,30). The number of rotatable bonds is 7. The Morgan fingerprint density at radius 2 is 1.91 bits per heavy atom. The molecule has 1 atom stereocenters. The molecule has 1 saturated heterocycles. The van der Waals surface area contributed by atoms with Crippen molar-refractivity contribution in [3.05, 3.63) is 66.6 Å². The van der Waals surface area contributed by atoms with Crippen LogP contribution in [0.1, 0.15) is 25.5 Å². The molecule has 0 aliphatic carbocycles. The first kappa shape index (κ1) is 20.6. The van der Waals surface area contributed by atoms with Crippen LogP contribution in [0.5, 0.6) is 0 Å². The van der Waals surface area contributed by atoms with Gasteiger partial charge < -0.3 is 14.6 Å². The number of nitrogens with one attached hydrogen (secondary N) is 1. The molecule has 0 saturated carbocycles. The highest BCUT2D eigenvalue weighted by Gasteiger charge is 2.25. The molecule has 1 aliphatic rings. The van der Waals surface area contributed by atoms with Crippen LogP contribution in [0.4, 0.5) is 11.6 Å². The van der Waals surface area contributed by atoms with Crippen LogP contribution >= 0.6 is 11.8 Å². The van der Waals surface area contributed by atoms with E-state index < -0.39 is 0 Å². The maximum absolute atomic E-state index is 12.9. The zero-order valence-corrected chi connectivity index (χ0v) is 18.7. The zero-order chi connectivity index (χ0) is 21.9. The maximum atomic E-state index is 12.9. The average Bonchev–Trinajstić information content (AvgIpc) is 3.57. The van der Waals surface area contributed by atoms with Gasteiger partial charge in [0.2, 0.25) is 11.9 Å². The molecule has 1 aliphatic heterocycles. The fourth-order valence-corrected chi connectivity index (χ4v) is 4.78. The van der Waals surface area contributed by atoms with Gasteiger partial charge in [-0.15, -0.1) is 10.2 Å². The number of carbonyl (C=O) groups excluding carboxylic acids is 1. The molecule has 2 aromatic heterocycles. The summed E-state index contributed by atoms with van der Waals surface area (Å²) in [6, 6.07) is 17.9. The van der Waals surface area contributed by atoms with Crippen LogP contribution in [0.15, 0.2) is 70.4 Å². The molecule has 2 aromatic carbocycles. The third-order valence-corrected chi connectivity index (χ3v) is 6.73. The molecule has 4 aromatic rings. The van der Waals surface area contributed by atoms with Crippen LogP contribution in [-0.2, 0) is 11.3 Å². The van der Waals surface area contributed by atoms with Crippen LogP contribution < -0.4 is 10.2 Å². The zero-order valence-electron chi connectivity index (χ0n) is 17.9. The first-order valence-electron chi connectivity index (χ1n) is 10.8. The minimum absolute atomic E-state index is 0.0689. The number of benzene rings is 2. The van der Waals surface area contributed by atoms with Crippen LogP contribution in [0.2, 0.25) is 0 Å². The Morgan fingerprint density at radius 1 is 1.09 bits per heavy atom. The van der Waals surface area contributed by atoms with E-state index in [2.05, 4.69) is 31.0 Å². The van der Waals surface area contributed by atoms with Gasteiger partial charge in [-0.3, -0.25) is 9.36 Å². The molecule has 3 heterocycles. The molecule has 7 nitrogen and oxygen atoms in total. The van der Waals surface area contributed by atoms with E-state index in [4.69, 9.17) is 4.42 Å². The Bertz CT molecular complexity index is 1210. The van der Waals surface area contributed by atoms with E-state index in [0.29, 0.717) is 11.7 Å². The van der Waals surface area contributed by atoms with Gasteiger partial charge in [-0.25, -0.2) is 0 Å². The molecular formula is C24H25N5O2S. The number of nitrogens with zero attached hydrogens (tertiary/aromatic N) is 4. The van der Waals surface area contributed by atoms with Gasteiger partial charge in [0.1, 0.15) is 5.76 Å². The molecule has 5 rings (SSSR count). The van der Waals surface area contributed by atoms with Crippen LogP contribution in [0, 0.1) is 0 Å². The molecule has 0 bridgehead atoms. The first-order chi connectivity index (χ1) is 15.7. The normalized spacial score (nSPS) is 14.7. The van der Waals surface area contributed by atoms with Gasteiger partial charge in [0.25, 0.3) is 0 Å². The summed E-state index contributed by atoms with van der Waals surface area (Å²) in [7, 11) is 0. The number of carbonyl (C=O) groups is 1. The summed E-state index contributed by atoms with van der Waals surface area (Å²) in [5.74, 6) is 1.60. The summed E-state index contributed by atoms with van der Waals surface area (Å²) in [5, 5.41) is 14.5. The van der Waals surface area contributed by atoms with Crippen molar-refractivity contribution in [1.82, 2.24) is 14.8 Å². The van der Waals surface area contributed by atoms with Crippen LogP contribution in [-0.4, -0.2) is 39.0 Å². The number of hydrogen-bond donors (Lipinski definition) is 1. The SMILES string of the molecule is CC(Sc1nnc(N2CCCC2)n1Cc1ccco1)C(=O)Nc1ccc2ccccc2c1. The fourth-order valence-electron chi connectivity index (χ4n) is 3.94. The number of aromatic nitrogens is 3. The Kier molecular flexibility index (Phi) is 5.85. The first-order valence-corrected chi connectivity index (χ1v) is 11.7. The lowest BCUT2D eigenvalue weighted by molar-refractivity contribution is -0.115. The lowest BCUT2D eigenvalue weighted by Gasteiger charge is -2.18. The molecule has 0 radical (unpaired) electrons. The summed E-state index contributed by atoms with van der Waals surface area (Å²) < 4.78 is 7.61. The van der Waals surface area contributed by atoms with Crippen molar-refractivity contribution in [1.29, 1.82) is 0 Å².